The molecule has 7 heteroatoms. The first-order chi connectivity index (χ1) is 7.63. The quantitative estimate of drug-likeness (QED) is 0.714. The molecular weight excluding hydrogens is 210 g/mol. The summed E-state index contributed by atoms with van der Waals surface area (Å²) in [6.07, 6.45) is 1.41. The maximum absolute atomic E-state index is 11.2. The molecule has 0 radical (unpaired) electrons. The summed E-state index contributed by atoms with van der Waals surface area (Å²) in [5.74, 6) is 0.660. The predicted molar refractivity (Wildman–Crippen MR) is 58.6 cm³/mol. The van der Waals surface area contributed by atoms with Crippen LogP contribution in [0.4, 0.5) is 5.82 Å². The zero-order valence-electron chi connectivity index (χ0n) is 9.08. The van der Waals surface area contributed by atoms with Crippen LogP contribution in [0.2, 0.25) is 0 Å². The number of nitrogens with one attached hydrogen (secondary N) is 1. The van der Waals surface area contributed by atoms with E-state index in [2.05, 4.69) is 15.2 Å². The SMILES string of the molecule is CC(CO)N(C)c1cc2n[nH]c(=O)n2cn1. The number of hydrogen-bond acceptors (Lipinski definition) is 5. The molecule has 0 aliphatic heterocycles. The van der Waals surface area contributed by atoms with E-state index in [0.29, 0.717) is 11.5 Å². The Bertz CT molecular complexity index is 546. The van der Waals surface area contributed by atoms with E-state index in [0.717, 1.165) is 0 Å². The van der Waals surface area contributed by atoms with Crippen molar-refractivity contribution >= 4 is 11.5 Å². The Morgan fingerprint density at radius 2 is 2.44 bits per heavy atom. The van der Waals surface area contributed by atoms with Crippen LogP contribution in [0.25, 0.3) is 5.65 Å². The van der Waals surface area contributed by atoms with Crippen molar-refractivity contribution in [3.05, 3.63) is 22.9 Å². The summed E-state index contributed by atoms with van der Waals surface area (Å²) < 4.78 is 1.32. The molecule has 0 aliphatic carbocycles. The third kappa shape index (κ3) is 1.65. The molecule has 2 aromatic rings. The minimum absolute atomic E-state index is 0.0384. The van der Waals surface area contributed by atoms with Gasteiger partial charge in [-0.1, -0.05) is 0 Å². The van der Waals surface area contributed by atoms with Crippen LogP contribution < -0.4 is 10.6 Å². The lowest BCUT2D eigenvalue weighted by Crippen LogP contribution is -2.32. The number of rotatable bonds is 3. The van der Waals surface area contributed by atoms with E-state index in [1.807, 2.05) is 18.9 Å². The van der Waals surface area contributed by atoms with E-state index in [9.17, 15) is 4.79 Å². The van der Waals surface area contributed by atoms with Gasteiger partial charge in [-0.3, -0.25) is 0 Å². The topological polar surface area (TPSA) is 86.5 Å². The summed E-state index contributed by atoms with van der Waals surface area (Å²) in [4.78, 5) is 17.1. The molecule has 2 heterocycles. The lowest BCUT2D eigenvalue weighted by molar-refractivity contribution is 0.270. The van der Waals surface area contributed by atoms with Crippen molar-refractivity contribution in [3.8, 4) is 0 Å². The highest BCUT2D eigenvalue weighted by Crippen LogP contribution is 2.11. The Hall–Kier alpha value is -1.89. The zero-order valence-corrected chi connectivity index (χ0v) is 9.08. The first-order valence-electron chi connectivity index (χ1n) is 4.90. The molecule has 0 fully saturated rings. The smallest absolute Gasteiger partial charge is 0.348 e. The van der Waals surface area contributed by atoms with Gasteiger partial charge in [-0.05, 0) is 6.92 Å². The first-order valence-corrected chi connectivity index (χ1v) is 4.90. The van der Waals surface area contributed by atoms with Crippen molar-refractivity contribution in [1.29, 1.82) is 0 Å². The molecule has 0 spiro atoms. The monoisotopic (exact) mass is 223 g/mol. The van der Waals surface area contributed by atoms with E-state index < -0.39 is 0 Å². The second kappa shape index (κ2) is 3.93. The molecule has 2 aromatic heterocycles. The van der Waals surface area contributed by atoms with Crippen molar-refractivity contribution in [3.63, 3.8) is 0 Å². The third-order valence-electron chi connectivity index (χ3n) is 2.58. The number of anilines is 1. The summed E-state index contributed by atoms with van der Waals surface area (Å²) in [5.41, 5.74) is 0.193. The number of aromatic amines is 1. The molecule has 86 valence electrons. The first kappa shape index (κ1) is 10.6. The van der Waals surface area contributed by atoms with E-state index in [1.165, 1.54) is 10.7 Å². The van der Waals surface area contributed by atoms with Gasteiger partial charge in [-0.2, -0.15) is 5.10 Å². The van der Waals surface area contributed by atoms with E-state index in [4.69, 9.17) is 5.11 Å². The average molecular weight is 223 g/mol. The molecule has 0 bridgehead atoms. The summed E-state index contributed by atoms with van der Waals surface area (Å²) in [5, 5.41) is 15.2. The fraction of sp³-hybridized carbons (Fsp3) is 0.444. The standard InChI is InChI=1S/C9H13N5O2/c1-6(4-15)13(2)7-3-8-11-12-9(16)14(8)5-10-7/h3,5-6,15H,4H2,1-2H3,(H,12,16). The maximum atomic E-state index is 11.2. The molecular formula is C9H13N5O2. The molecule has 2 rings (SSSR count). The van der Waals surface area contributed by atoms with Crippen molar-refractivity contribution in [2.45, 2.75) is 13.0 Å². The number of fused-ring (bicyclic) bond motifs is 1. The van der Waals surface area contributed by atoms with Crippen LogP contribution in [0, 0.1) is 0 Å². The number of nitrogens with zero attached hydrogens (tertiary/aromatic N) is 4. The second-order valence-corrected chi connectivity index (χ2v) is 3.65. The van der Waals surface area contributed by atoms with Crippen molar-refractivity contribution in [1.82, 2.24) is 19.6 Å². The van der Waals surface area contributed by atoms with Crippen LogP contribution in [0.15, 0.2) is 17.2 Å². The molecule has 7 nitrogen and oxygen atoms in total. The van der Waals surface area contributed by atoms with Crippen LogP contribution in [0.1, 0.15) is 6.92 Å². The van der Waals surface area contributed by atoms with Gasteiger partial charge >= 0.3 is 5.69 Å². The van der Waals surface area contributed by atoms with Gasteiger partial charge in [0.25, 0.3) is 0 Å². The normalized spacial score (nSPS) is 12.9. The van der Waals surface area contributed by atoms with Crippen LogP contribution in [-0.2, 0) is 0 Å². The maximum Gasteiger partial charge on any atom is 0.348 e. The van der Waals surface area contributed by atoms with Crippen LogP contribution in [-0.4, -0.2) is 44.4 Å². The fourth-order valence-corrected chi connectivity index (χ4v) is 1.34. The number of aromatic nitrogens is 4. The summed E-state index contributed by atoms with van der Waals surface area (Å²) in [6.45, 7) is 1.92. The average Bonchev–Trinajstić information content (AvgIpc) is 2.68. The summed E-state index contributed by atoms with van der Waals surface area (Å²) in [7, 11) is 1.82. The van der Waals surface area contributed by atoms with Crippen LogP contribution in [0.5, 0.6) is 0 Å². The number of aliphatic hydroxyl groups excluding tert-OH is 1. The molecule has 16 heavy (non-hydrogen) atoms. The summed E-state index contributed by atoms with van der Waals surface area (Å²) >= 11 is 0. The Labute approximate surface area is 91.4 Å². The van der Waals surface area contributed by atoms with Gasteiger partial charge in [0.2, 0.25) is 0 Å². The molecule has 2 N–H and O–H groups in total. The Morgan fingerprint density at radius 3 is 3.12 bits per heavy atom. The lowest BCUT2D eigenvalue weighted by Gasteiger charge is -2.23. The lowest BCUT2D eigenvalue weighted by atomic mass is 10.3. The van der Waals surface area contributed by atoms with E-state index in [-0.39, 0.29) is 18.3 Å². The molecule has 0 aromatic carbocycles. The minimum atomic E-state index is -0.313. The summed E-state index contributed by atoms with van der Waals surface area (Å²) in [6, 6.07) is 1.64. The minimum Gasteiger partial charge on any atom is -0.394 e. The Morgan fingerprint density at radius 1 is 1.69 bits per heavy atom. The number of H-pyrrole nitrogens is 1. The van der Waals surface area contributed by atoms with Gasteiger partial charge in [-0.25, -0.2) is 19.3 Å². The van der Waals surface area contributed by atoms with E-state index in [1.54, 1.807) is 6.07 Å². The van der Waals surface area contributed by atoms with Gasteiger partial charge in [0, 0.05) is 13.1 Å². The fourth-order valence-electron chi connectivity index (χ4n) is 1.34. The highest BCUT2D eigenvalue weighted by atomic mass is 16.3. The Balaban J connectivity index is 2.43. The molecule has 0 aliphatic rings. The number of aliphatic hydroxyl groups is 1. The van der Waals surface area contributed by atoms with Crippen molar-refractivity contribution in [2.75, 3.05) is 18.6 Å². The molecule has 1 atom stereocenters. The Kier molecular flexibility index (Phi) is 2.61. The van der Waals surface area contributed by atoms with Crippen LogP contribution in [0.3, 0.4) is 0 Å². The van der Waals surface area contributed by atoms with Gasteiger partial charge in [0.05, 0.1) is 12.6 Å². The van der Waals surface area contributed by atoms with Gasteiger partial charge in [0.15, 0.2) is 5.65 Å². The van der Waals surface area contributed by atoms with Gasteiger partial charge in [-0.15, -0.1) is 0 Å². The highest BCUT2D eigenvalue weighted by Gasteiger charge is 2.11. The largest absolute Gasteiger partial charge is 0.394 e. The highest BCUT2D eigenvalue weighted by molar-refractivity contribution is 5.50. The van der Waals surface area contributed by atoms with Gasteiger partial charge in [0.1, 0.15) is 12.1 Å². The third-order valence-corrected chi connectivity index (χ3v) is 2.58. The molecule has 0 saturated carbocycles. The molecule has 0 amide bonds. The van der Waals surface area contributed by atoms with E-state index >= 15 is 0 Å². The number of likely N-dealkylation sites (N-methyl/N-ethyl adjacent to an activating group) is 1. The zero-order chi connectivity index (χ0) is 11.7. The van der Waals surface area contributed by atoms with Crippen LogP contribution >= 0.6 is 0 Å². The number of hydrogen-bond donors (Lipinski definition) is 2. The predicted octanol–water partition coefficient (Wildman–Crippen LogP) is -0.765. The van der Waals surface area contributed by atoms with Crippen molar-refractivity contribution < 1.29 is 5.11 Å². The van der Waals surface area contributed by atoms with Gasteiger partial charge < -0.3 is 10.0 Å². The van der Waals surface area contributed by atoms with Crippen molar-refractivity contribution in [2.24, 2.45) is 0 Å². The second-order valence-electron chi connectivity index (χ2n) is 3.65. The molecule has 0 saturated heterocycles. The molecule has 1 unspecified atom stereocenters.